The highest BCUT2D eigenvalue weighted by molar-refractivity contribution is 6.18. The maximum atomic E-state index is 2.64. The lowest BCUT2D eigenvalue weighted by Crippen LogP contribution is -2.54. The number of hydrogen-bond donors (Lipinski definition) is 0. The molecule has 2 saturated carbocycles. The lowest BCUT2D eigenvalue weighted by molar-refractivity contribution is 0.00936. The molecule has 3 aliphatic rings. The molecule has 0 saturated heterocycles. The van der Waals surface area contributed by atoms with E-state index in [4.69, 9.17) is 0 Å². The lowest BCUT2D eigenvalue weighted by Gasteiger charge is -2.60. The van der Waals surface area contributed by atoms with Gasteiger partial charge in [0.25, 0.3) is 0 Å². The van der Waals surface area contributed by atoms with Crippen LogP contribution in [-0.4, -0.2) is 9.13 Å². The number of aromatic nitrogens is 2. The van der Waals surface area contributed by atoms with Crippen LogP contribution >= 0.6 is 0 Å². The Morgan fingerprint density at radius 3 is 1.60 bits per heavy atom. The number of fused-ring (bicyclic) bond motifs is 8. The van der Waals surface area contributed by atoms with E-state index in [-0.39, 0.29) is 5.41 Å². The molecule has 328 valence electrons. The van der Waals surface area contributed by atoms with Gasteiger partial charge < -0.3 is 14.0 Å². The highest BCUT2D eigenvalue weighted by Gasteiger charge is 2.58. The second kappa shape index (κ2) is 14.9. The third-order valence-electron chi connectivity index (χ3n) is 16.5. The minimum atomic E-state index is -0.0287. The van der Waals surface area contributed by atoms with Gasteiger partial charge in [-0.2, -0.15) is 0 Å². The van der Waals surface area contributed by atoms with E-state index in [0.29, 0.717) is 17.3 Å². The van der Waals surface area contributed by atoms with Gasteiger partial charge in [0.1, 0.15) is 0 Å². The molecule has 1 unspecified atom stereocenters. The van der Waals surface area contributed by atoms with Crippen molar-refractivity contribution in [3.63, 3.8) is 0 Å². The van der Waals surface area contributed by atoms with Crippen LogP contribution in [0.4, 0.5) is 17.1 Å². The number of hydrogen-bond acceptors (Lipinski definition) is 1. The average molecular weight is 876 g/mol. The molecular weight excluding hydrogens is 823 g/mol. The molecule has 11 aromatic rings. The second-order valence-electron chi connectivity index (χ2n) is 20.7. The molecule has 1 aliphatic heterocycles. The lowest BCUT2D eigenvalue weighted by atomic mass is 9.45. The highest BCUT2D eigenvalue weighted by atomic mass is 15.1. The molecule has 2 bridgehead atoms. The van der Waals surface area contributed by atoms with E-state index in [1.54, 1.807) is 5.56 Å². The Morgan fingerprint density at radius 2 is 0.941 bits per heavy atom. The van der Waals surface area contributed by atoms with Crippen molar-refractivity contribution in [1.82, 2.24) is 9.13 Å². The Hall–Kier alpha value is -7.62. The van der Waals surface area contributed by atoms with Crippen molar-refractivity contribution in [3.05, 3.63) is 223 Å². The summed E-state index contributed by atoms with van der Waals surface area (Å²) >= 11 is 0. The van der Waals surface area contributed by atoms with Crippen LogP contribution in [0.2, 0.25) is 0 Å². The minimum absolute atomic E-state index is 0.0287. The number of para-hydroxylation sites is 5. The zero-order valence-corrected chi connectivity index (χ0v) is 38.7. The molecule has 2 aromatic heterocycles. The van der Waals surface area contributed by atoms with E-state index < -0.39 is 0 Å². The molecule has 1 spiro atoms. The SMILES string of the molecule is CC1(C)C[C@H]2CCC[C@@H](C1)C21c2ccccc2-n2c3ccccc3c3c(N(c4ccc(-c5ccccc5)cc4)c4ccc(-c5ccccc5-n5c6ccccc6c6ccccc65)cc4)ccc1c32. The van der Waals surface area contributed by atoms with Crippen molar-refractivity contribution in [2.24, 2.45) is 17.3 Å². The fourth-order valence-electron chi connectivity index (χ4n) is 14.0. The van der Waals surface area contributed by atoms with E-state index in [2.05, 4.69) is 240 Å². The predicted octanol–water partition coefficient (Wildman–Crippen LogP) is 17.5. The van der Waals surface area contributed by atoms with Gasteiger partial charge in [-0.25, -0.2) is 0 Å². The number of nitrogens with zero attached hydrogens (tertiary/aromatic N) is 3. The Morgan fingerprint density at radius 1 is 0.426 bits per heavy atom. The van der Waals surface area contributed by atoms with Crippen LogP contribution in [0.3, 0.4) is 0 Å². The summed E-state index contributed by atoms with van der Waals surface area (Å²) in [4.78, 5) is 2.53. The Kier molecular flexibility index (Phi) is 8.69. The van der Waals surface area contributed by atoms with Gasteiger partial charge in [0, 0.05) is 43.9 Å². The largest absolute Gasteiger partial charge is 0.310 e. The first-order valence-electron chi connectivity index (χ1n) is 24.8. The van der Waals surface area contributed by atoms with Crippen molar-refractivity contribution >= 4 is 60.7 Å². The highest BCUT2D eigenvalue weighted by Crippen LogP contribution is 2.66. The first kappa shape index (κ1) is 39.5. The molecule has 3 nitrogen and oxygen atoms in total. The van der Waals surface area contributed by atoms with Crippen molar-refractivity contribution in [2.75, 3.05) is 4.90 Å². The van der Waals surface area contributed by atoms with Gasteiger partial charge in [-0.3, -0.25) is 0 Å². The van der Waals surface area contributed by atoms with Crippen LogP contribution < -0.4 is 4.90 Å². The molecule has 68 heavy (non-hydrogen) atoms. The van der Waals surface area contributed by atoms with Gasteiger partial charge in [0.2, 0.25) is 0 Å². The molecule has 0 amide bonds. The van der Waals surface area contributed by atoms with E-state index in [1.807, 2.05) is 0 Å². The Labute approximate surface area is 398 Å². The molecule has 3 heterocycles. The molecule has 2 fully saturated rings. The topological polar surface area (TPSA) is 13.1 Å². The standard InChI is InChI=1S/C65H53N3/c1-64(2)41-46-19-16-20-47(42-64)65(46)54-25-10-15-30-60(54)68-59-29-14-9-24-53(59)62-61(40-39-55(65)63(62)68)66(48-35-31-44(32-36-48)43-17-4-3-5-18-43)49-37-33-45(34-38-49)50-21-6-11-26-56(50)67-57-27-12-7-22-51(57)52-23-8-13-28-58(52)67/h3-15,17-18,21-40,46-47H,16,19-20,41-42H2,1-2H3/t46-,47+,65?. The van der Waals surface area contributed by atoms with Crippen molar-refractivity contribution in [2.45, 2.75) is 51.4 Å². The van der Waals surface area contributed by atoms with E-state index in [1.165, 1.54) is 121 Å². The maximum absolute atomic E-state index is 2.64. The molecule has 3 heteroatoms. The molecule has 2 aliphatic carbocycles. The van der Waals surface area contributed by atoms with Gasteiger partial charge in [0.15, 0.2) is 0 Å². The van der Waals surface area contributed by atoms with Crippen LogP contribution in [0, 0.1) is 17.3 Å². The normalized spacial score (nSPS) is 19.2. The monoisotopic (exact) mass is 875 g/mol. The van der Waals surface area contributed by atoms with Gasteiger partial charge in [0.05, 0.1) is 39.1 Å². The summed E-state index contributed by atoms with van der Waals surface area (Å²) in [6.45, 7) is 5.07. The van der Waals surface area contributed by atoms with E-state index in [0.717, 1.165) is 11.4 Å². The summed E-state index contributed by atoms with van der Waals surface area (Å²) in [5, 5.41) is 5.17. The van der Waals surface area contributed by atoms with Crippen molar-refractivity contribution in [3.8, 4) is 33.6 Å². The molecule has 0 N–H and O–H groups in total. The zero-order valence-electron chi connectivity index (χ0n) is 38.7. The summed E-state index contributed by atoms with van der Waals surface area (Å²) in [5.41, 5.74) is 19.3. The van der Waals surface area contributed by atoms with Crippen molar-refractivity contribution < 1.29 is 0 Å². The first-order valence-corrected chi connectivity index (χ1v) is 24.8. The molecule has 3 atom stereocenters. The second-order valence-corrected chi connectivity index (χ2v) is 20.7. The summed E-state index contributed by atoms with van der Waals surface area (Å²) in [7, 11) is 0. The van der Waals surface area contributed by atoms with Crippen molar-refractivity contribution in [1.29, 1.82) is 0 Å². The molecular formula is C65H53N3. The van der Waals surface area contributed by atoms with Crippen LogP contribution in [0.25, 0.3) is 77.2 Å². The van der Waals surface area contributed by atoms with Gasteiger partial charge in [-0.1, -0.05) is 172 Å². The van der Waals surface area contributed by atoms with Crippen LogP contribution in [-0.2, 0) is 5.41 Å². The zero-order chi connectivity index (χ0) is 45.1. The summed E-state index contributed by atoms with van der Waals surface area (Å²) < 4.78 is 5.09. The van der Waals surface area contributed by atoms with Crippen LogP contribution in [0.15, 0.2) is 212 Å². The third-order valence-corrected chi connectivity index (χ3v) is 16.5. The Bertz CT molecular complexity index is 3690. The number of rotatable bonds is 6. The fourth-order valence-corrected chi connectivity index (χ4v) is 14.0. The number of anilines is 3. The first-order chi connectivity index (χ1) is 33.5. The van der Waals surface area contributed by atoms with Crippen LogP contribution in [0.1, 0.15) is 57.1 Å². The average Bonchev–Trinajstić information content (AvgIpc) is 3.91. The number of benzene rings is 9. The molecule has 0 radical (unpaired) electrons. The predicted molar refractivity (Wildman–Crippen MR) is 285 cm³/mol. The smallest absolute Gasteiger partial charge is 0.0603 e. The fraction of sp³-hybridized carbons (Fsp3) is 0.169. The van der Waals surface area contributed by atoms with Gasteiger partial charge in [-0.05, 0) is 131 Å². The van der Waals surface area contributed by atoms with E-state index in [9.17, 15) is 0 Å². The minimum Gasteiger partial charge on any atom is -0.310 e. The van der Waals surface area contributed by atoms with Gasteiger partial charge >= 0.3 is 0 Å². The van der Waals surface area contributed by atoms with Gasteiger partial charge in [-0.15, -0.1) is 0 Å². The molecule has 14 rings (SSSR count). The van der Waals surface area contributed by atoms with Crippen LogP contribution in [0.5, 0.6) is 0 Å². The summed E-state index contributed by atoms with van der Waals surface area (Å²) in [6.07, 6.45) is 6.40. The quantitative estimate of drug-likeness (QED) is 0.162. The third kappa shape index (κ3) is 5.65. The Balaban J connectivity index is 0.991. The summed E-state index contributed by atoms with van der Waals surface area (Å²) in [6, 6.07) is 79.6. The summed E-state index contributed by atoms with van der Waals surface area (Å²) in [5.74, 6) is 1.18. The molecule has 9 aromatic carbocycles. The maximum Gasteiger partial charge on any atom is 0.0603 e. The van der Waals surface area contributed by atoms with E-state index >= 15 is 0 Å².